The highest BCUT2D eigenvalue weighted by Crippen LogP contribution is 2.31. The van der Waals surface area contributed by atoms with Gasteiger partial charge in [0.05, 0.1) is 30.0 Å². The van der Waals surface area contributed by atoms with Gasteiger partial charge >= 0.3 is 0 Å². The summed E-state index contributed by atoms with van der Waals surface area (Å²) in [5.74, 6) is 3.31. The molecule has 1 N–H and O–H groups in total. The van der Waals surface area contributed by atoms with Crippen LogP contribution in [0.5, 0.6) is 23.0 Å². The number of nitrogens with zero attached hydrogens (tertiary/aromatic N) is 4. The molecule has 0 radical (unpaired) electrons. The summed E-state index contributed by atoms with van der Waals surface area (Å²) in [7, 11) is 3.19. The average Bonchev–Trinajstić information content (AvgIpc) is 3.40. The SMILES string of the molecule is COc1ccc(Cc2nnc(SCC(=O)Nc3ncc(Cl)cc3Cl)n2-c2ccc(Oc3ccccc3)cc2)cc1OC. The third kappa shape index (κ3) is 7.14. The maximum atomic E-state index is 12.8. The first kappa shape index (κ1) is 29.2. The van der Waals surface area contributed by atoms with Crippen molar-refractivity contribution in [3.8, 4) is 28.7 Å². The Morgan fingerprint density at radius 2 is 1.64 bits per heavy atom. The van der Waals surface area contributed by atoms with Crippen LogP contribution in [-0.2, 0) is 11.2 Å². The Labute approximate surface area is 256 Å². The predicted molar refractivity (Wildman–Crippen MR) is 164 cm³/mol. The molecule has 5 rings (SSSR count). The molecule has 12 heteroatoms. The molecule has 0 atom stereocenters. The first-order valence-corrected chi connectivity index (χ1v) is 14.4. The number of amides is 1. The van der Waals surface area contributed by atoms with E-state index >= 15 is 0 Å². The number of pyridine rings is 1. The van der Waals surface area contributed by atoms with Gasteiger partial charge in [-0.1, -0.05) is 59.2 Å². The second-order valence-electron chi connectivity index (χ2n) is 8.83. The summed E-state index contributed by atoms with van der Waals surface area (Å²) in [6.45, 7) is 0. The highest BCUT2D eigenvalue weighted by molar-refractivity contribution is 7.99. The monoisotopic (exact) mass is 621 g/mol. The van der Waals surface area contributed by atoms with Crippen LogP contribution >= 0.6 is 35.0 Å². The highest BCUT2D eigenvalue weighted by atomic mass is 35.5. The number of carbonyl (C=O) groups excluding carboxylic acids is 1. The summed E-state index contributed by atoms with van der Waals surface area (Å²) in [6.07, 6.45) is 1.87. The number of carbonyl (C=O) groups is 1. The molecule has 1 amide bonds. The lowest BCUT2D eigenvalue weighted by Crippen LogP contribution is -2.16. The van der Waals surface area contributed by atoms with Crippen molar-refractivity contribution >= 4 is 46.7 Å². The van der Waals surface area contributed by atoms with E-state index in [0.717, 1.165) is 17.0 Å². The van der Waals surface area contributed by atoms with Crippen LogP contribution in [0, 0.1) is 0 Å². The predicted octanol–water partition coefficient (Wildman–Crippen LogP) is 7.10. The fourth-order valence-corrected chi connectivity index (χ4v) is 5.23. The second kappa shape index (κ2) is 13.6. The summed E-state index contributed by atoms with van der Waals surface area (Å²) in [4.78, 5) is 16.8. The molecule has 0 saturated heterocycles. The molecule has 214 valence electrons. The van der Waals surface area contributed by atoms with Crippen LogP contribution in [0.4, 0.5) is 5.82 Å². The van der Waals surface area contributed by atoms with Crippen LogP contribution in [0.15, 0.2) is 90.2 Å². The number of anilines is 1. The number of thioether (sulfide) groups is 1. The van der Waals surface area contributed by atoms with Gasteiger partial charge in [-0.05, 0) is 60.2 Å². The molecule has 0 unspecified atom stereocenters. The van der Waals surface area contributed by atoms with Crippen molar-refractivity contribution in [1.29, 1.82) is 0 Å². The molecular formula is C30H25Cl2N5O4S. The van der Waals surface area contributed by atoms with Crippen LogP contribution in [0.3, 0.4) is 0 Å². The molecule has 0 aliphatic heterocycles. The normalized spacial score (nSPS) is 10.8. The zero-order valence-electron chi connectivity index (χ0n) is 22.6. The van der Waals surface area contributed by atoms with E-state index in [1.54, 1.807) is 14.2 Å². The number of halogens is 2. The molecule has 0 saturated carbocycles. The number of rotatable bonds is 11. The van der Waals surface area contributed by atoms with E-state index in [1.807, 2.05) is 77.4 Å². The van der Waals surface area contributed by atoms with Gasteiger partial charge in [0.25, 0.3) is 0 Å². The number of nitrogens with one attached hydrogen (secondary N) is 1. The van der Waals surface area contributed by atoms with E-state index in [-0.39, 0.29) is 22.5 Å². The Hall–Kier alpha value is -4.25. The van der Waals surface area contributed by atoms with E-state index in [4.69, 9.17) is 37.4 Å². The number of para-hydroxylation sites is 1. The number of methoxy groups -OCH3 is 2. The van der Waals surface area contributed by atoms with Crippen molar-refractivity contribution in [2.75, 3.05) is 25.3 Å². The van der Waals surface area contributed by atoms with Crippen LogP contribution in [0.25, 0.3) is 5.69 Å². The smallest absolute Gasteiger partial charge is 0.236 e. The average molecular weight is 623 g/mol. The van der Waals surface area contributed by atoms with Crippen molar-refractivity contribution in [2.24, 2.45) is 0 Å². The third-order valence-electron chi connectivity index (χ3n) is 5.98. The molecule has 0 spiro atoms. The number of benzene rings is 3. The molecule has 5 aromatic rings. The Balaban J connectivity index is 1.40. The van der Waals surface area contributed by atoms with Crippen molar-refractivity contribution in [2.45, 2.75) is 11.6 Å². The molecule has 2 heterocycles. The molecule has 9 nitrogen and oxygen atoms in total. The minimum Gasteiger partial charge on any atom is -0.493 e. The lowest BCUT2D eigenvalue weighted by molar-refractivity contribution is -0.113. The minimum absolute atomic E-state index is 0.0460. The summed E-state index contributed by atoms with van der Waals surface area (Å²) in [6, 6.07) is 24.3. The maximum Gasteiger partial charge on any atom is 0.236 e. The first-order chi connectivity index (χ1) is 20.4. The lowest BCUT2D eigenvalue weighted by atomic mass is 10.1. The molecule has 3 aromatic carbocycles. The van der Waals surface area contributed by atoms with Gasteiger partial charge in [0.15, 0.2) is 22.5 Å². The Morgan fingerprint density at radius 3 is 2.36 bits per heavy atom. The van der Waals surface area contributed by atoms with Crippen molar-refractivity contribution in [3.63, 3.8) is 0 Å². The topological polar surface area (TPSA) is 100 Å². The molecular weight excluding hydrogens is 597 g/mol. The van der Waals surface area contributed by atoms with E-state index in [9.17, 15) is 4.79 Å². The van der Waals surface area contributed by atoms with Gasteiger partial charge in [0.1, 0.15) is 17.3 Å². The van der Waals surface area contributed by atoms with E-state index in [0.29, 0.717) is 39.7 Å². The largest absolute Gasteiger partial charge is 0.493 e. The highest BCUT2D eigenvalue weighted by Gasteiger charge is 2.18. The van der Waals surface area contributed by atoms with Gasteiger partial charge < -0.3 is 19.5 Å². The molecule has 0 aliphatic rings. The van der Waals surface area contributed by atoms with Crippen LogP contribution in [0.1, 0.15) is 11.4 Å². The van der Waals surface area contributed by atoms with Gasteiger partial charge in [0, 0.05) is 18.3 Å². The standard InChI is InChI=1S/C30H25Cl2N5O4S/c1-39-25-13-8-19(14-26(25)40-2)15-27-35-36-30(42-18-28(38)34-29-24(32)16-20(31)17-33-29)37(27)21-9-11-23(12-10-21)41-22-6-4-3-5-7-22/h3-14,16-17H,15,18H2,1-2H3,(H,33,34,38). The van der Waals surface area contributed by atoms with Gasteiger partial charge in [-0.3, -0.25) is 9.36 Å². The van der Waals surface area contributed by atoms with E-state index in [2.05, 4.69) is 20.5 Å². The van der Waals surface area contributed by atoms with Crippen LogP contribution in [0.2, 0.25) is 10.0 Å². The summed E-state index contributed by atoms with van der Waals surface area (Å²) in [5, 5.41) is 12.8. The first-order valence-electron chi connectivity index (χ1n) is 12.7. The molecule has 2 aromatic heterocycles. The lowest BCUT2D eigenvalue weighted by Gasteiger charge is -2.13. The van der Waals surface area contributed by atoms with Crippen LogP contribution in [-0.4, -0.2) is 45.6 Å². The molecule has 0 fully saturated rings. The summed E-state index contributed by atoms with van der Waals surface area (Å²) in [5.41, 5.74) is 1.75. The Kier molecular flexibility index (Phi) is 9.48. The summed E-state index contributed by atoms with van der Waals surface area (Å²) < 4.78 is 18.7. The number of hydrogen-bond acceptors (Lipinski definition) is 8. The van der Waals surface area contributed by atoms with Gasteiger partial charge in [-0.15, -0.1) is 10.2 Å². The van der Waals surface area contributed by atoms with Gasteiger partial charge in [0.2, 0.25) is 5.91 Å². The van der Waals surface area contributed by atoms with E-state index < -0.39 is 0 Å². The maximum absolute atomic E-state index is 12.8. The number of ether oxygens (including phenoxy) is 3. The van der Waals surface area contributed by atoms with Crippen molar-refractivity contribution in [3.05, 3.63) is 106 Å². The fourth-order valence-electron chi connectivity index (χ4n) is 4.03. The molecule has 42 heavy (non-hydrogen) atoms. The molecule has 0 aliphatic carbocycles. The second-order valence-corrected chi connectivity index (χ2v) is 10.6. The number of aromatic nitrogens is 4. The minimum atomic E-state index is -0.306. The third-order valence-corrected chi connectivity index (χ3v) is 7.41. The Bertz CT molecular complexity index is 1680. The number of hydrogen-bond donors (Lipinski definition) is 1. The zero-order valence-corrected chi connectivity index (χ0v) is 24.9. The van der Waals surface area contributed by atoms with Gasteiger partial charge in [-0.2, -0.15) is 0 Å². The van der Waals surface area contributed by atoms with Gasteiger partial charge in [-0.25, -0.2) is 4.98 Å². The molecule has 0 bridgehead atoms. The summed E-state index contributed by atoms with van der Waals surface area (Å²) >= 11 is 13.3. The Morgan fingerprint density at radius 1 is 0.905 bits per heavy atom. The van der Waals surface area contributed by atoms with E-state index in [1.165, 1.54) is 24.0 Å². The quantitative estimate of drug-likeness (QED) is 0.156. The van der Waals surface area contributed by atoms with Crippen LogP contribution < -0.4 is 19.5 Å². The fraction of sp³-hybridized carbons (Fsp3) is 0.133. The van der Waals surface area contributed by atoms with Crippen molar-refractivity contribution in [1.82, 2.24) is 19.7 Å². The van der Waals surface area contributed by atoms with Crippen molar-refractivity contribution < 1.29 is 19.0 Å². The zero-order chi connectivity index (χ0) is 29.5.